The van der Waals surface area contributed by atoms with Crippen LogP contribution in [-0.2, 0) is 6.54 Å². The fourth-order valence-electron chi connectivity index (χ4n) is 3.36. The second-order valence-corrected chi connectivity index (χ2v) is 6.17. The summed E-state index contributed by atoms with van der Waals surface area (Å²) in [6, 6.07) is 5.96. The lowest BCUT2D eigenvalue weighted by atomic mass is 10.2. The topological polar surface area (TPSA) is 71.8 Å². The molecule has 1 fully saturated rings. The van der Waals surface area contributed by atoms with E-state index in [1.54, 1.807) is 13.1 Å². The molecule has 0 unspecified atom stereocenters. The highest BCUT2D eigenvalue weighted by Crippen LogP contribution is 2.27. The zero-order valence-electron chi connectivity index (χ0n) is 14.3. The molecule has 0 amide bonds. The molecular formula is C17H19F2N7. The van der Waals surface area contributed by atoms with Gasteiger partial charge in [-0.25, -0.2) is 28.7 Å². The molecule has 1 saturated heterocycles. The quantitative estimate of drug-likeness (QED) is 0.755. The SMILES string of the molecule is CCn1c(C(F)F)nc2c(N[C@H]3CCN(c4ccccn4)C3)ncnc21. The average molecular weight is 359 g/mol. The molecule has 7 nitrogen and oxygen atoms in total. The summed E-state index contributed by atoms with van der Waals surface area (Å²) in [6.45, 7) is 3.81. The standard InChI is InChI=1S/C17H19F2N7/c1-2-26-16-13(24-17(26)14(18)19)15(21-10-22-16)23-11-6-8-25(9-11)12-5-3-4-7-20-12/h3-5,7,10-11,14H,2,6,8-9H2,1H3,(H,21,22,23)/t11-/m0/s1. The summed E-state index contributed by atoms with van der Waals surface area (Å²) < 4.78 is 28.0. The van der Waals surface area contributed by atoms with Crippen LogP contribution < -0.4 is 10.2 Å². The lowest BCUT2D eigenvalue weighted by Crippen LogP contribution is -2.27. The summed E-state index contributed by atoms with van der Waals surface area (Å²) in [5.41, 5.74) is 0.820. The normalized spacial score (nSPS) is 17.4. The first kappa shape index (κ1) is 16.6. The fraction of sp³-hybridized carbons (Fsp3) is 0.412. The number of nitrogens with zero attached hydrogens (tertiary/aromatic N) is 6. The summed E-state index contributed by atoms with van der Waals surface area (Å²) in [4.78, 5) is 19.0. The predicted molar refractivity (Wildman–Crippen MR) is 94.4 cm³/mol. The van der Waals surface area contributed by atoms with E-state index in [1.807, 2.05) is 18.2 Å². The highest BCUT2D eigenvalue weighted by Gasteiger charge is 2.26. The first-order chi connectivity index (χ1) is 12.7. The van der Waals surface area contributed by atoms with E-state index in [-0.39, 0.29) is 11.9 Å². The van der Waals surface area contributed by atoms with Gasteiger partial charge < -0.3 is 14.8 Å². The molecule has 1 aliphatic rings. The number of hydrogen-bond donors (Lipinski definition) is 1. The van der Waals surface area contributed by atoms with Crippen LogP contribution in [0.15, 0.2) is 30.7 Å². The Morgan fingerprint density at radius 2 is 2.15 bits per heavy atom. The molecule has 4 heterocycles. The summed E-state index contributed by atoms with van der Waals surface area (Å²) in [5, 5.41) is 3.35. The van der Waals surface area contributed by atoms with Gasteiger partial charge in [-0.2, -0.15) is 0 Å². The molecule has 3 aromatic heterocycles. The molecule has 1 atom stereocenters. The van der Waals surface area contributed by atoms with E-state index in [2.05, 4.69) is 30.2 Å². The summed E-state index contributed by atoms with van der Waals surface area (Å²) in [6.07, 6.45) is 1.41. The molecule has 136 valence electrons. The number of pyridine rings is 1. The summed E-state index contributed by atoms with van der Waals surface area (Å²) in [7, 11) is 0. The van der Waals surface area contributed by atoms with Crippen molar-refractivity contribution < 1.29 is 8.78 Å². The largest absolute Gasteiger partial charge is 0.364 e. The number of rotatable bonds is 5. The molecular weight excluding hydrogens is 340 g/mol. The van der Waals surface area contributed by atoms with E-state index in [4.69, 9.17) is 0 Å². The van der Waals surface area contributed by atoms with Gasteiger partial charge in [-0.05, 0) is 25.5 Å². The number of fused-ring (bicyclic) bond motifs is 1. The third-order valence-corrected chi connectivity index (χ3v) is 4.58. The van der Waals surface area contributed by atoms with Crippen molar-refractivity contribution in [1.82, 2.24) is 24.5 Å². The Hall–Kier alpha value is -2.84. The van der Waals surface area contributed by atoms with Gasteiger partial charge in [0.2, 0.25) is 0 Å². The highest BCUT2D eigenvalue weighted by molar-refractivity contribution is 5.83. The number of alkyl halides is 2. The Morgan fingerprint density at radius 3 is 2.88 bits per heavy atom. The molecule has 0 spiro atoms. The lowest BCUT2D eigenvalue weighted by Gasteiger charge is -2.18. The van der Waals surface area contributed by atoms with Crippen molar-refractivity contribution >= 4 is 22.8 Å². The van der Waals surface area contributed by atoms with Crippen LogP contribution in [-0.4, -0.2) is 43.6 Å². The zero-order chi connectivity index (χ0) is 18.1. The second-order valence-electron chi connectivity index (χ2n) is 6.17. The minimum atomic E-state index is -2.65. The van der Waals surface area contributed by atoms with Crippen LogP contribution in [0, 0.1) is 0 Å². The summed E-state index contributed by atoms with van der Waals surface area (Å²) in [5.74, 6) is 1.16. The number of anilines is 2. The first-order valence-corrected chi connectivity index (χ1v) is 8.59. The molecule has 26 heavy (non-hydrogen) atoms. The Balaban J connectivity index is 1.58. The molecule has 3 aromatic rings. The highest BCUT2D eigenvalue weighted by atomic mass is 19.3. The number of aryl methyl sites for hydroxylation is 1. The maximum absolute atomic E-state index is 13.3. The molecule has 0 aromatic carbocycles. The maximum Gasteiger partial charge on any atom is 0.295 e. The van der Waals surface area contributed by atoms with Crippen LogP contribution >= 0.6 is 0 Å². The van der Waals surface area contributed by atoms with Gasteiger partial charge in [0.05, 0.1) is 0 Å². The molecule has 1 N–H and O–H groups in total. The zero-order valence-corrected chi connectivity index (χ0v) is 14.3. The summed E-state index contributed by atoms with van der Waals surface area (Å²) >= 11 is 0. The van der Waals surface area contributed by atoms with E-state index in [9.17, 15) is 8.78 Å². The average Bonchev–Trinajstić information content (AvgIpc) is 3.27. The van der Waals surface area contributed by atoms with Gasteiger partial charge in [-0.1, -0.05) is 6.07 Å². The Morgan fingerprint density at radius 1 is 1.27 bits per heavy atom. The van der Waals surface area contributed by atoms with Gasteiger partial charge in [0.25, 0.3) is 6.43 Å². The Bertz CT molecular complexity index is 897. The molecule has 0 saturated carbocycles. The van der Waals surface area contributed by atoms with Crippen molar-refractivity contribution in [3.05, 3.63) is 36.5 Å². The van der Waals surface area contributed by atoms with Gasteiger partial charge in [0, 0.05) is 31.9 Å². The van der Waals surface area contributed by atoms with Crippen LogP contribution in [0.5, 0.6) is 0 Å². The van der Waals surface area contributed by atoms with E-state index in [1.165, 1.54) is 10.9 Å². The first-order valence-electron chi connectivity index (χ1n) is 8.59. The number of imidazole rings is 1. The van der Waals surface area contributed by atoms with Crippen LogP contribution in [0.1, 0.15) is 25.6 Å². The van der Waals surface area contributed by atoms with Gasteiger partial charge in [-0.3, -0.25) is 0 Å². The molecule has 0 aliphatic carbocycles. The lowest BCUT2D eigenvalue weighted by molar-refractivity contribution is 0.136. The van der Waals surface area contributed by atoms with Gasteiger partial charge in [0.1, 0.15) is 12.1 Å². The molecule has 9 heteroatoms. The number of nitrogens with one attached hydrogen (secondary N) is 1. The smallest absolute Gasteiger partial charge is 0.295 e. The Labute approximate surface area is 149 Å². The van der Waals surface area contributed by atoms with Crippen molar-refractivity contribution in [2.45, 2.75) is 32.4 Å². The Kier molecular flexibility index (Phi) is 4.36. The van der Waals surface area contributed by atoms with Crippen LogP contribution in [0.4, 0.5) is 20.4 Å². The third kappa shape index (κ3) is 2.93. The number of halogens is 2. The van der Waals surface area contributed by atoms with E-state index < -0.39 is 6.43 Å². The fourth-order valence-corrected chi connectivity index (χ4v) is 3.36. The van der Waals surface area contributed by atoms with Crippen molar-refractivity contribution in [2.75, 3.05) is 23.3 Å². The predicted octanol–water partition coefficient (Wildman–Crippen LogP) is 2.87. The van der Waals surface area contributed by atoms with Crippen LogP contribution in [0.25, 0.3) is 11.2 Å². The van der Waals surface area contributed by atoms with E-state index in [0.717, 1.165) is 25.3 Å². The maximum atomic E-state index is 13.3. The van der Waals surface area contributed by atoms with Gasteiger partial charge >= 0.3 is 0 Å². The van der Waals surface area contributed by atoms with Crippen molar-refractivity contribution in [3.63, 3.8) is 0 Å². The molecule has 1 aliphatic heterocycles. The molecule has 0 radical (unpaired) electrons. The third-order valence-electron chi connectivity index (χ3n) is 4.58. The monoisotopic (exact) mass is 359 g/mol. The van der Waals surface area contributed by atoms with Crippen LogP contribution in [0.2, 0.25) is 0 Å². The van der Waals surface area contributed by atoms with Crippen LogP contribution in [0.3, 0.4) is 0 Å². The van der Waals surface area contributed by atoms with Gasteiger partial charge in [-0.15, -0.1) is 0 Å². The van der Waals surface area contributed by atoms with E-state index in [0.29, 0.717) is 23.5 Å². The van der Waals surface area contributed by atoms with Crippen molar-refractivity contribution in [3.8, 4) is 0 Å². The minimum absolute atomic E-state index is 0.136. The number of hydrogen-bond acceptors (Lipinski definition) is 6. The van der Waals surface area contributed by atoms with Crippen molar-refractivity contribution in [2.24, 2.45) is 0 Å². The van der Waals surface area contributed by atoms with Crippen molar-refractivity contribution in [1.29, 1.82) is 0 Å². The number of aromatic nitrogens is 5. The van der Waals surface area contributed by atoms with Gasteiger partial charge in [0.15, 0.2) is 22.8 Å². The minimum Gasteiger partial charge on any atom is -0.364 e. The molecule has 0 bridgehead atoms. The molecule has 4 rings (SSSR count). The van der Waals surface area contributed by atoms with E-state index >= 15 is 0 Å². The second kappa shape index (κ2) is 6.81.